The number of carboxylic acid groups (broad SMARTS) is 1. The van der Waals surface area contributed by atoms with Crippen LogP contribution >= 0.6 is 0 Å². The lowest BCUT2D eigenvalue weighted by Crippen LogP contribution is -2.49. The molecular weight excluding hydrogens is 341 g/mol. The number of benzene rings is 1. The monoisotopic (exact) mass is 361 g/mol. The minimum absolute atomic E-state index is 0.0161. The standard InChI is InChI=1S/C18H20FN3O4/c1-9-7-21(5-4-20-9)15-13(19)6-11-14(17(15)24)22(10-2-3-10)8-12(16(11)23)18(25)26/h6,8-10,20,24H,2-5,7H2,1H3,(H,25,26)/t9-/m1/s1. The summed E-state index contributed by atoms with van der Waals surface area (Å²) in [7, 11) is 0. The van der Waals surface area contributed by atoms with Gasteiger partial charge < -0.3 is 25.0 Å². The summed E-state index contributed by atoms with van der Waals surface area (Å²) in [4.78, 5) is 25.7. The Morgan fingerprint density at radius 2 is 2.12 bits per heavy atom. The van der Waals surface area contributed by atoms with Crippen LogP contribution < -0.4 is 15.6 Å². The Hall–Kier alpha value is -2.61. The van der Waals surface area contributed by atoms with Crippen molar-refractivity contribution >= 4 is 22.6 Å². The predicted octanol–water partition coefficient (Wildman–Crippen LogP) is 1.68. The number of aromatic carboxylic acids is 1. The van der Waals surface area contributed by atoms with E-state index in [1.165, 1.54) is 6.20 Å². The van der Waals surface area contributed by atoms with E-state index in [1.807, 2.05) is 6.92 Å². The number of rotatable bonds is 3. The number of aromatic nitrogens is 1. The maximum atomic E-state index is 14.8. The van der Waals surface area contributed by atoms with E-state index in [0.717, 1.165) is 18.9 Å². The van der Waals surface area contributed by atoms with Gasteiger partial charge in [-0.2, -0.15) is 0 Å². The molecule has 2 heterocycles. The fourth-order valence-electron chi connectivity index (χ4n) is 3.69. The van der Waals surface area contributed by atoms with Crippen molar-refractivity contribution in [2.75, 3.05) is 24.5 Å². The molecule has 7 nitrogen and oxygen atoms in total. The Labute approximate surface area is 148 Å². The number of fused-ring (bicyclic) bond motifs is 1. The molecule has 1 saturated carbocycles. The van der Waals surface area contributed by atoms with Crippen molar-refractivity contribution in [1.82, 2.24) is 9.88 Å². The first-order chi connectivity index (χ1) is 12.4. The van der Waals surface area contributed by atoms with Gasteiger partial charge >= 0.3 is 5.97 Å². The second-order valence-corrected chi connectivity index (χ2v) is 7.07. The van der Waals surface area contributed by atoms with Gasteiger partial charge in [0, 0.05) is 37.9 Å². The topological polar surface area (TPSA) is 94.8 Å². The molecule has 1 aliphatic carbocycles. The number of hydrogen-bond donors (Lipinski definition) is 3. The van der Waals surface area contributed by atoms with Gasteiger partial charge in [-0.1, -0.05) is 0 Å². The summed E-state index contributed by atoms with van der Waals surface area (Å²) in [5, 5.41) is 23.3. The predicted molar refractivity (Wildman–Crippen MR) is 94.7 cm³/mol. The van der Waals surface area contributed by atoms with Gasteiger partial charge in [0.15, 0.2) is 11.6 Å². The summed E-state index contributed by atoms with van der Waals surface area (Å²) < 4.78 is 16.5. The number of halogens is 1. The van der Waals surface area contributed by atoms with Gasteiger partial charge in [-0.15, -0.1) is 0 Å². The number of nitrogens with zero attached hydrogens (tertiary/aromatic N) is 2. The second-order valence-electron chi connectivity index (χ2n) is 7.07. The number of aromatic hydroxyl groups is 1. The molecule has 0 spiro atoms. The molecule has 0 unspecified atom stereocenters. The maximum Gasteiger partial charge on any atom is 0.341 e. The molecule has 2 fully saturated rings. The SMILES string of the molecule is C[C@@H]1CN(c2c(F)cc3c(=O)c(C(=O)O)cn(C4CC4)c3c2O)CCN1. The first kappa shape index (κ1) is 16.8. The van der Waals surface area contributed by atoms with E-state index in [0.29, 0.717) is 19.6 Å². The minimum Gasteiger partial charge on any atom is -0.504 e. The van der Waals surface area contributed by atoms with E-state index in [2.05, 4.69) is 5.32 Å². The Balaban J connectivity index is 2.00. The van der Waals surface area contributed by atoms with Gasteiger partial charge in [0.2, 0.25) is 5.43 Å². The number of anilines is 1. The van der Waals surface area contributed by atoms with E-state index in [4.69, 9.17) is 0 Å². The quantitative estimate of drug-likeness (QED) is 0.770. The molecule has 138 valence electrons. The van der Waals surface area contributed by atoms with Crippen LogP contribution in [0.2, 0.25) is 0 Å². The molecule has 2 aliphatic rings. The van der Waals surface area contributed by atoms with Gasteiger partial charge in [0.1, 0.15) is 11.3 Å². The van der Waals surface area contributed by atoms with Gasteiger partial charge in [0.25, 0.3) is 0 Å². The molecule has 1 aromatic carbocycles. The van der Waals surface area contributed by atoms with Crippen molar-refractivity contribution in [2.24, 2.45) is 0 Å². The molecule has 8 heteroatoms. The maximum absolute atomic E-state index is 14.8. The highest BCUT2D eigenvalue weighted by Gasteiger charge is 2.31. The Morgan fingerprint density at radius 3 is 2.73 bits per heavy atom. The molecule has 26 heavy (non-hydrogen) atoms. The first-order valence-corrected chi connectivity index (χ1v) is 8.70. The molecule has 1 atom stereocenters. The van der Waals surface area contributed by atoms with Gasteiger partial charge in [0.05, 0.1) is 10.9 Å². The third-order valence-electron chi connectivity index (χ3n) is 5.07. The summed E-state index contributed by atoms with van der Waals surface area (Å²) in [5.74, 6) is -2.37. The van der Waals surface area contributed by atoms with Crippen LogP contribution in [0.5, 0.6) is 5.75 Å². The number of phenols is 1. The summed E-state index contributed by atoms with van der Waals surface area (Å²) >= 11 is 0. The molecule has 0 amide bonds. The summed E-state index contributed by atoms with van der Waals surface area (Å²) in [6.45, 7) is 3.69. The first-order valence-electron chi connectivity index (χ1n) is 8.70. The largest absolute Gasteiger partial charge is 0.504 e. The van der Waals surface area contributed by atoms with Crippen molar-refractivity contribution in [2.45, 2.75) is 31.8 Å². The van der Waals surface area contributed by atoms with E-state index in [1.54, 1.807) is 9.47 Å². The van der Waals surface area contributed by atoms with Crippen molar-refractivity contribution < 1.29 is 19.4 Å². The smallest absolute Gasteiger partial charge is 0.341 e. The number of piperazine rings is 1. The second kappa shape index (κ2) is 5.98. The molecule has 0 radical (unpaired) electrons. The van der Waals surface area contributed by atoms with Crippen LogP contribution in [-0.2, 0) is 0 Å². The van der Waals surface area contributed by atoms with Crippen molar-refractivity contribution in [3.63, 3.8) is 0 Å². The molecular formula is C18H20FN3O4. The number of nitrogens with one attached hydrogen (secondary N) is 1. The van der Waals surface area contributed by atoms with Crippen LogP contribution in [0, 0.1) is 5.82 Å². The van der Waals surface area contributed by atoms with Gasteiger partial charge in [-0.05, 0) is 25.8 Å². The summed E-state index contributed by atoms with van der Waals surface area (Å²) in [6.07, 6.45) is 2.92. The van der Waals surface area contributed by atoms with Crippen LogP contribution in [0.15, 0.2) is 17.1 Å². The molecule has 2 aromatic rings. The normalized spacial score (nSPS) is 20.5. The molecule has 0 bridgehead atoms. The molecule has 1 saturated heterocycles. The summed E-state index contributed by atoms with van der Waals surface area (Å²) in [6, 6.07) is 1.21. The molecule has 4 rings (SSSR count). The lowest BCUT2D eigenvalue weighted by atomic mass is 10.1. The fourth-order valence-corrected chi connectivity index (χ4v) is 3.69. The highest BCUT2D eigenvalue weighted by atomic mass is 19.1. The van der Waals surface area contributed by atoms with Crippen LogP contribution in [0.1, 0.15) is 36.2 Å². The number of hydrogen-bond acceptors (Lipinski definition) is 5. The zero-order valence-corrected chi connectivity index (χ0v) is 14.3. The lowest BCUT2D eigenvalue weighted by molar-refractivity contribution is 0.0694. The number of phenolic OH excluding ortho intramolecular Hbond substituents is 1. The lowest BCUT2D eigenvalue weighted by Gasteiger charge is -2.34. The van der Waals surface area contributed by atoms with Gasteiger partial charge in [-0.3, -0.25) is 4.79 Å². The number of pyridine rings is 1. The Kier molecular flexibility index (Phi) is 3.87. The van der Waals surface area contributed by atoms with E-state index >= 15 is 0 Å². The zero-order chi connectivity index (χ0) is 18.6. The van der Waals surface area contributed by atoms with Crippen molar-refractivity contribution in [3.8, 4) is 5.75 Å². The van der Waals surface area contributed by atoms with Crippen LogP contribution in [0.4, 0.5) is 10.1 Å². The third kappa shape index (κ3) is 2.61. The highest BCUT2D eigenvalue weighted by molar-refractivity contribution is 5.96. The summed E-state index contributed by atoms with van der Waals surface area (Å²) in [5.41, 5.74) is -0.904. The van der Waals surface area contributed by atoms with E-state index in [9.17, 15) is 24.2 Å². The third-order valence-corrected chi connectivity index (χ3v) is 5.07. The number of carboxylic acids is 1. The molecule has 1 aliphatic heterocycles. The zero-order valence-electron chi connectivity index (χ0n) is 14.3. The van der Waals surface area contributed by atoms with E-state index in [-0.39, 0.29) is 34.4 Å². The average Bonchev–Trinajstić information content (AvgIpc) is 3.40. The van der Waals surface area contributed by atoms with E-state index < -0.39 is 22.8 Å². The van der Waals surface area contributed by atoms with Crippen LogP contribution in [0.25, 0.3) is 10.9 Å². The van der Waals surface area contributed by atoms with Crippen LogP contribution in [0.3, 0.4) is 0 Å². The highest BCUT2D eigenvalue weighted by Crippen LogP contribution is 2.43. The number of carbonyl (C=O) groups is 1. The van der Waals surface area contributed by atoms with Gasteiger partial charge in [-0.25, -0.2) is 9.18 Å². The molecule has 3 N–H and O–H groups in total. The Bertz CT molecular complexity index is 967. The van der Waals surface area contributed by atoms with Crippen molar-refractivity contribution in [3.05, 3.63) is 33.9 Å². The van der Waals surface area contributed by atoms with Crippen LogP contribution in [-0.4, -0.2) is 46.4 Å². The average molecular weight is 361 g/mol. The molecule has 1 aromatic heterocycles. The fraction of sp³-hybridized carbons (Fsp3) is 0.444. The van der Waals surface area contributed by atoms with Crippen molar-refractivity contribution in [1.29, 1.82) is 0 Å². The minimum atomic E-state index is -1.36. The Morgan fingerprint density at radius 1 is 1.38 bits per heavy atom.